The first kappa shape index (κ1) is 15.1. The standard InChI is InChI=1S/C13H25N3O2/c1-5-7-17-9-12-15-13(18-16-12)8-11(10(3)4)14-6-2/h10-11,14H,5-9H2,1-4H3. The van der Waals surface area contributed by atoms with Gasteiger partial charge in [-0.05, 0) is 18.9 Å². The molecule has 0 aromatic carbocycles. The van der Waals surface area contributed by atoms with Gasteiger partial charge in [0.05, 0.1) is 0 Å². The Bertz CT molecular complexity index is 326. The predicted octanol–water partition coefficient (Wildman–Crippen LogP) is 2.17. The first-order chi connectivity index (χ1) is 8.67. The van der Waals surface area contributed by atoms with Crippen molar-refractivity contribution in [3.63, 3.8) is 0 Å². The van der Waals surface area contributed by atoms with Crippen molar-refractivity contribution in [3.8, 4) is 0 Å². The molecular weight excluding hydrogens is 230 g/mol. The van der Waals surface area contributed by atoms with E-state index in [1.54, 1.807) is 0 Å². The average Bonchev–Trinajstić information content (AvgIpc) is 2.76. The lowest BCUT2D eigenvalue weighted by Crippen LogP contribution is -2.35. The molecule has 5 heteroatoms. The van der Waals surface area contributed by atoms with E-state index >= 15 is 0 Å². The van der Waals surface area contributed by atoms with E-state index in [1.807, 2.05) is 0 Å². The van der Waals surface area contributed by atoms with Crippen LogP contribution in [0, 0.1) is 5.92 Å². The number of hydrogen-bond acceptors (Lipinski definition) is 5. The van der Waals surface area contributed by atoms with Gasteiger partial charge in [-0.25, -0.2) is 0 Å². The highest BCUT2D eigenvalue weighted by molar-refractivity contribution is 4.89. The van der Waals surface area contributed by atoms with Crippen molar-refractivity contribution < 1.29 is 9.26 Å². The smallest absolute Gasteiger partial charge is 0.228 e. The van der Waals surface area contributed by atoms with Crippen LogP contribution in [0.15, 0.2) is 4.52 Å². The summed E-state index contributed by atoms with van der Waals surface area (Å²) in [6.07, 6.45) is 1.77. The SMILES string of the molecule is CCCOCc1noc(CC(NCC)C(C)C)n1. The third kappa shape index (κ3) is 5.14. The van der Waals surface area contributed by atoms with Gasteiger partial charge in [0.2, 0.25) is 5.89 Å². The number of nitrogens with zero attached hydrogens (tertiary/aromatic N) is 2. The van der Waals surface area contributed by atoms with E-state index in [0.717, 1.165) is 26.0 Å². The summed E-state index contributed by atoms with van der Waals surface area (Å²) in [4.78, 5) is 4.34. The number of likely N-dealkylation sites (N-methyl/N-ethyl adjacent to an activating group) is 1. The fourth-order valence-corrected chi connectivity index (χ4v) is 1.73. The van der Waals surface area contributed by atoms with Crippen molar-refractivity contribution in [2.45, 2.75) is 53.2 Å². The minimum Gasteiger partial charge on any atom is -0.373 e. The van der Waals surface area contributed by atoms with Crippen LogP contribution in [0.4, 0.5) is 0 Å². The predicted molar refractivity (Wildman–Crippen MR) is 70.3 cm³/mol. The van der Waals surface area contributed by atoms with Gasteiger partial charge in [-0.15, -0.1) is 0 Å². The quantitative estimate of drug-likeness (QED) is 0.685. The number of hydrogen-bond donors (Lipinski definition) is 1. The van der Waals surface area contributed by atoms with Gasteiger partial charge >= 0.3 is 0 Å². The molecule has 1 atom stereocenters. The molecule has 0 fully saturated rings. The Morgan fingerprint density at radius 2 is 2.11 bits per heavy atom. The van der Waals surface area contributed by atoms with Crippen LogP contribution in [0.1, 0.15) is 45.8 Å². The molecule has 1 aromatic heterocycles. The Kier molecular flexibility index (Phi) is 6.90. The van der Waals surface area contributed by atoms with E-state index in [-0.39, 0.29) is 0 Å². The van der Waals surface area contributed by atoms with Gasteiger partial charge in [0, 0.05) is 19.1 Å². The molecule has 1 heterocycles. The van der Waals surface area contributed by atoms with Crippen LogP contribution in [0.25, 0.3) is 0 Å². The zero-order valence-electron chi connectivity index (χ0n) is 11.9. The summed E-state index contributed by atoms with van der Waals surface area (Å²) in [6, 6.07) is 0.375. The highest BCUT2D eigenvalue weighted by Crippen LogP contribution is 2.09. The van der Waals surface area contributed by atoms with Crippen LogP contribution in [-0.2, 0) is 17.8 Å². The van der Waals surface area contributed by atoms with Gasteiger partial charge in [0.15, 0.2) is 5.82 Å². The second-order valence-electron chi connectivity index (χ2n) is 4.77. The van der Waals surface area contributed by atoms with Gasteiger partial charge < -0.3 is 14.6 Å². The summed E-state index contributed by atoms with van der Waals surface area (Å²) in [5, 5.41) is 7.35. The lowest BCUT2D eigenvalue weighted by molar-refractivity contribution is 0.114. The van der Waals surface area contributed by atoms with Crippen molar-refractivity contribution >= 4 is 0 Å². The highest BCUT2D eigenvalue weighted by atomic mass is 16.5. The zero-order chi connectivity index (χ0) is 13.4. The van der Waals surface area contributed by atoms with Gasteiger partial charge in [0.1, 0.15) is 6.61 Å². The van der Waals surface area contributed by atoms with Gasteiger partial charge in [-0.3, -0.25) is 0 Å². The van der Waals surface area contributed by atoms with E-state index in [0.29, 0.717) is 30.3 Å². The summed E-state index contributed by atoms with van der Waals surface area (Å²) >= 11 is 0. The number of aromatic nitrogens is 2. The Morgan fingerprint density at radius 1 is 1.33 bits per heavy atom. The van der Waals surface area contributed by atoms with Crippen LogP contribution < -0.4 is 5.32 Å². The lowest BCUT2D eigenvalue weighted by atomic mass is 10.0. The maximum Gasteiger partial charge on any atom is 0.228 e. The van der Waals surface area contributed by atoms with Gasteiger partial charge in [0.25, 0.3) is 0 Å². The number of ether oxygens (including phenoxy) is 1. The van der Waals surface area contributed by atoms with Crippen molar-refractivity contribution in [2.24, 2.45) is 5.92 Å². The Balaban J connectivity index is 2.46. The van der Waals surface area contributed by atoms with Crippen molar-refractivity contribution in [1.29, 1.82) is 0 Å². The highest BCUT2D eigenvalue weighted by Gasteiger charge is 2.16. The van der Waals surface area contributed by atoms with E-state index < -0.39 is 0 Å². The molecule has 0 amide bonds. The number of nitrogens with one attached hydrogen (secondary N) is 1. The van der Waals surface area contributed by atoms with E-state index in [9.17, 15) is 0 Å². The van der Waals surface area contributed by atoms with Gasteiger partial charge in [-0.1, -0.05) is 32.9 Å². The summed E-state index contributed by atoms with van der Waals surface area (Å²) < 4.78 is 10.6. The Morgan fingerprint density at radius 3 is 2.72 bits per heavy atom. The van der Waals surface area contributed by atoms with E-state index in [2.05, 4.69) is 43.2 Å². The molecule has 0 aliphatic carbocycles. The third-order valence-corrected chi connectivity index (χ3v) is 2.76. The molecule has 1 unspecified atom stereocenters. The molecule has 0 bridgehead atoms. The Hall–Kier alpha value is -0.940. The molecule has 0 aliphatic rings. The van der Waals surface area contributed by atoms with Crippen molar-refractivity contribution in [2.75, 3.05) is 13.2 Å². The normalized spacial score (nSPS) is 13.2. The summed E-state index contributed by atoms with van der Waals surface area (Å²) in [6.45, 7) is 10.7. The van der Waals surface area contributed by atoms with Crippen molar-refractivity contribution in [3.05, 3.63) is 11.7 Å². The molecular formula is C13H25N3O2. The molecule has 1 rings (SSSR count). The summed E-state index contributed by atoms with van der Waals surface area (Å²) in [5.74, 6) is 1.86. The lowest BCUT2D eigenvalue weighted by Gasteiger charge is -2.19. The maximum absolute atomic E-state index is 5.38. The van der Waals surface area contributed by atoms with E-state index in [1.165, 1.54) is 0 Å². The van der Waals surface area contributed by atoms with Gasteiger partial charge in [-0.2, -0.15) is 4.98 Å². The molecule has 1 aromatic rings. The molecule has 18 heavy (non-hydrogen) atoms. The molecule has 0 saturated heterocycles. The van der Waals surface area contributed by atoms with Crippen LogP contribution in [0.3, 0.4) is 0 Å². The minimum absolute atomic E-state index is 0.375. The minimum atomic E-state index is 0.375. The molecule has 0 saturated carbocycles. The molecule has 1 N–H and O–H groups in total. The van der Waals surface area contributed by atoms with Crippen LogP contribution in [-0.4, -0.2) is 29.3 Å². The molecule has 0 aliphatic heterocycles. The monoisotopic (exact) mass is 255 g/mol. The van der Waals surface area contributed by atoms with Crippen molar-refractivity contribution in [1.82, 2.24) is 15.5 Å². The maximum atomic E-state index is 5.38. The number of rotatable bonds is 9. The first-order valence-electron chi connectivity index (χ1n) is 6.79. The van der Waals surface area contributed by atoms with Crippen LogP contribution >= 0.6 is 0 Å². The second kappa shape index (κ2) is 8.21. The molecule has 5 nitrogen and oxygen atoms in total. The second-order valence-corrected chi connectivity index (χ2v) is 4.77. The van der Waals surface area contributed by atoms with Crippen LogP contribution in [0.2, 0.25) is 0 Å². The van der Waals surface area contributed by atoms with E-state index in [4.69, 9.17) is 9.26 Å². The third-order valence-electron chi connectivity index (χ3n) is 2.76. The zero-order valence-corrected chi connectivity index (χ0v) is 11.9. The molecule has 104 valence electrons. The molecule has 0 radical (unpaired) electrons. The fraction of sp³-hybridized carbons (Fsp3) is 0.846. The molecule has 0 spiro atoms. The first-order valence-corrected chi connectivity index (χ1v) is 6.79. The fourth-order valence-electron chi connectivity index (χ4n) is 1.73. The average molecular weight is 255 g/mol. The van der Waals surface area contributed by atoms with Crippen LogP contribution in [0.5, 0.6) is 0 Å². The summed E-state index contributed by atoms with van der Waals surface area (Å²) in [7, 11) is 0. The Labute approximate surface area is 109 Å². The topological polar surface area (TPSA) is 60.2 Å². The largest absolute Gasteiger partial charge is 0.373 e. The summed E-state index contributed by atoms with van der Waals surface area (Å²) in [5.41, 5.74) is 0.